The first kappa shape index (κ1) is 13.8. The summed E-state index contributed by atoms with van der Waals surface area (Å²) in [4.78, 5) is 9.92. The van der Waals surface area contributed by atoms with Gasteiger partial charge in [-0.05, 0) is 18.7 Å². The fourth-order valence-electron chi connectivity index (χ4n) is 3.08. The Labute approximate surface area is 135 Å². The number of aliphatic imine (C=N–C) groups is 1. The summed E-state index contributed by atoms with van der Waals surface area (Å²) in [6, 6.07) is 8.28. The molecule has 4 nitrogen and oxygen atoms in total. The van der Waals surface area contributed by atoms with Crippen LogP contribution in [0.1, 0.15) is 12.5 Å². The van der Waals surface area contributed by atoms with Crippen molar-refractivity contribution in [2.45, 2.75) is 6.92 Å². The fourth-order valence-corrected chi connectivity index (χ4v) is 3.84. The van der Waals surface area contributed by atoms with Crippen molar-refractivity contribution in [3.8, 4) is 0 Å². The first-order valence-electron chi connectivity index (χ1n) is 7.84. The van der Waals surface area contributed by atoms with Gasteiger partial charge in [-0.2, -0.15) is 0 Å². The standard InChI is InChI=1S/C17H20N4S/c1-2-20-7-9-21(10-8-20)17-13-11-22-12-16(13)18-14-5-3-4-6-15(14)19-17/h3-6,11-12,18H,2,7-10H2,1H3. The fraction of sp³-hybridized carbons (Fsp3) is 0.353. The highest BCUT2D eigenvalue weighted by Crippen LogP contribution is 2.36. The Morgan fingerprint density at radius 2 is 1.91 bits per heavy atom. The van der Waals surface area contributed by atoms with Crippen LogP contribution >= 0.6 is 11.3 Å². The minimum Gasteiger partial charge on any atom is -0.353 e. The molecule has 0 aliphatic carbocycles. The van der Waals surface area contributed by atoms with Gasteiger partial charge < -0.3 is 15.1 Å². The van der Waals surface area contributed by atoms with Gasteiger partial charge in [-0.3, -0.25) is 0 Å². The van der Waals surface area contributed by atoms with Gasteiger partial charge in [-0.1, -0.05) is 19.1 Å². The van der Waals surface area contributed by atoms with Gasteiger partial charge >= 0.3 is 0 Å². The van der Waals surface area contributed by atoms with Gasteiger partial charge in [-0.15, -0.1) is 11.3 Å². The second-order valence-corrected chi connectivity index (χ2v) is 6.44. The molecule has 1 aromatic carbocycles. The number of thiophene rings is 1. The predicted octanol–water partition coefficient (Wildman–Crippen LogP) is 3.52. The lowest BCUT2D eigenvalue weighted by Gasteiger charge is -2.35. The lowest BCUT2D eigenvalue weighted by molar-refractivity contribution is 0.190. The smallest absolute Gasteiger partial charge is 0.139 e. The molecule has 1 N–H and O–H groups in total. The molecule has 3 heterocycles. The second kappa shape index (κ2) is 5.74. The number of para-hydroxylation sites is 2. The molecule has 2 aliphatic rings. The predicted molar refractivity (Wildman–Crippen MR) is 93.9 cm³/mol. The molecule has 4 rings (SSSR count). The largest absolute Gasteiger partial charge is 0.353 e. The van der Waals surface area contributed by atoms with Crippen LogP contribution in [0, 0.1) is 0 Å². The zero-order chi connectivity index (χ0) is 14.9. The van der Waals surface area contributed by atoms with Crippen LogP contribution in [0.3, 0.4) is 0 Å². The number of nitrogens with one attached hydrogen (secondary N) is 1. The van der Waals surface area contributed by atoms with E-state index in [0.29, 0.717) is 0 Å². The molecule has 1 fully saturated rings. The van der Waals surface area contributed by atoms with Crippen LogP contribution in [0.2, 0.25) is 0 Å². The Bertz CT molecular complexity index is 698. The maximum Gasteiger partial charge on any atom is 0.139 e. The summed E-state index contributed by atoms with van der Waals surface area (Å²) < 4.78 is 0. The molecule has 1 saturated heterocycles. The van der Waals surface area contributed by atoms with Crippen LogP contribution in [0.5, 0.6) is 0 Å². The number of piperazine rings is 1. The van der Waals surface area contributed by atoms with Crippen LogP contribution in [-0.4, -0.2) is 48.4 Å². The first-order valence-corrected chi connectivity index (χ1v) is 8.78. The minimum absolute atomic E-state index is 1.02. The third-order valence-electron chi connectivity index (χ3n) is 4.42. The van der Waals surface area contributed by atoms with E-state index in [-0.39, 0.29) is 0 Å². The third kappa shape index (κ3) is 2.40. The monoisotopic (exact) mass is 312 g/mol. The van der Waals surface area contributed by atoms with Crippen LogP contribution in [0.15, 0.2) is 40.0 Å². The van der Waals surface area contributed by atoms with Crippen molar-refractivity contribution < 1.29 is 0 Å². The topological polar surface area (TPSA) is 30.9 Å². The molecule has 2 aliphatic heterocycles. The quantitative estimate of drug-likeness (QED) is 0.874. The van der Waals surface area contributed by atoms with Gasteiger partial charge in [0.1, 0.15) is 5.84 Å². The number of nitrogens with zero attached hydrogens (tertiary/aromatic N) is 3. The molecule has 0 unspecified atom stereocenters. The van der Waals surface area contributed by atoms with Crippen LogP contribution in [0.25, 0.3) is 0 Å². The molecular formula is C17H20N4S. The van der Waals surface area contributed by atoms with E-state index in [9.17, 15) is 0 Å². The van der Waals surface area contributed by atoms with Crippen LogP contribution < -0.4 is 5.32 Å². The summed E-state index contributed by atoms with van der Waals surface area (Å²) in [5.41, 5.74) is 4.51. The van der Waals surface area contributed by atoms with E-state index in [1.807, 2.05) is 0 Å². The number of rotatable bonds is 1. The van der Waals surface area contributed by atoms with Crippen molar-refractivity contribution in [2.24, 2.45) is 4.99 Å². The van der Waals surface area contributed by atoms with E-state index in [2.05, 4.69) is 57.1 Å². The highest BCUT2D eigenvalue weighted by atomic mass is 32.1. The van der Waals surface area contributed by atoms with E-state index in [1.165, 1.54) is 11.3 Å². The summed E-state index contributed by atoms with van der Waals surface area (Å²) in [7, 11) is 0. The maximum absolute atomic E-state index is 5.00. The molecule has 1 aromatic heterocycles. The Kier molecular flexibility index (Phi) is 3.60. The van der Waals surface area contributed by atoms with Crippen LogP contribution in [-0.2, 0) is 0 Å². The van der Waals surface area contributed by atoms with E-state index in [4.69, 9.17) is 4.99 Å². The van der Waals surface area contributed by atoms with Crippen molar-refractivity contribution in [2.75, 3.05) is 38.0 Å². The van der Waals surface area contributed by atoms with Gasteiger partial charge in [0.25, 0.3) is 0 Å². The first-order chi connectivity index (χ1) is 10.8. The lowest BCUT2D eigenvalue weighted by Crippen LogP contribution is -2.48. The molecule has 2 aromatic rings. The Morgan fingerprint density at radius 3 is 2.73 bits per heavy atom. The summed E-state index contributed by atoms with van der Waals surface area (Å²) in [6.07, 6.45) is 0. The zero-order valence-electron chi connectivity index (χ0n) is 12.7. The number of hydrogen-bond acceptors (Lipinski definition) is 5. The molecule has 0 bridgehead atoms. The van der Waals surface area contributed by atoms with Crippen molar-refractivity contribution in [3.63, 3.8) is 0 Å². The molecule has 0 saturated carbocycles. The van der Waals surface area contributed by atoms with Gasteiger partial charge in [-0.25, -0.2) is 4.99 Å². The molecule has 0 radical (unpaired) electrons. The number of benzene rings is 1. The van der Waals surface area contributed by atoms with Crippen molar-refractivity contribution in [3.05, 3.63) is 40.6 Å². The number of anilines is 2. The Morgan fingerprint density at radius 1 is 1.09 bits per heavy atom. The third-order valence-corrected chi connectivity index (χ3v) is 5.17. The normalized spacial score (nSPS) is 18.0. The molecule has 0 amide bonds. The molecule has 0 atom stereocenters. The maximum atomic E-state index is 5.00. The number of fused-ring (bicyclic) bond motifs is 2. The summed E-state index contributed by atoms with van der Waals surface area (Å²) >= 11 is 1.73. The van der Waals surface area contributed by atoms with Gasteiger partial charge in [0.05, 0.1) is 22.6 Å². The highest BCUT2D eigenvalue weighted by molar-refractivity contribution is 7.08. The SMILES string of the molecule is CCN1CCN(C2=Nc3ccccc3Nc3cscc32)CC1. The molecule has 0 spiro atoms. The van der Waals surface area contributed by atoms with E-state index >= 15 is 0 Å². The minimum atomic E-state index is 1.02. The van der Waals surface area contributed by atoms with Crippen molar-refractivity contribution in [1.29, 1.82) is 0 Å². The summed E-state index contributed by atoms with van der Waals surface area (Å²) in [6.45, 7) is 7.69. The Balaban J connectivity index is 1.73. The highest BCUT2D eigenvalue weighted by Gasteiger charge is 2.24. The van der Waals surface area contributed by atoms with E-state index in [1.54, 1.807) is 11.3 Å². The lowest BCUT2D eigenvalue weighted by atomic mass is 10.2. The number of likely N-dealkylation sites (N-methyl/N-ethyl adjacent to an activating group) is 1. The average molecular weight is 312 g/mol. The summed E-state index contributed by atoms with van der Waals surface area (Å²) in [5.74, 6) is 1.12. The average Bonchev–Trinajstić information content (AvgIpc) is 2.96. The van der Waals surface area contributed by atoms with Crippen molar-refractivity contribution >= 4 is 34.2 Å². The van der Waals surface area contributed by atoms with Gasteiger partial charge in [0.2, 0.25) is 0 Å². The zero-order valence-corrected chi connectivity index (χ0v) is 13.6. The molecule has 5 heteroatoms. The molecular weight excluding hydrogens is 292 g/mol. The van der Waals surface area contributed by atoms with E-state index in [0.717, 1.165) is 49.9 Å². The van der Waals surface area contributed by atoms with Crippen molar-refractivity contribution in [1.82, 2.24) is 9.80 Å². The molecule has 22 heavy (non-hydrogen) atoms. The van der Waals surface area contributed by atoms with Gasteiger partial charge in [0, 0.05) is 36.9 Å². The molecule has 114 valence electrons. The number of amidine groups is 1. The second-order valence-electron chi connectivity index (χ2n) is 5.70. The Hall–Kier alpha value is -1.85. The summed E-state index contributed by atoms with van der Waals surface area (Å²) in [5, 5.41) is 7.91. The van der Waals surface area contributed by atoms with E-state index < -0.39 is 0 Å². The van der Waals surface area contributed by atoms with Crippen LogP contribution in [0.4, 0.5) is 17.1 Å². The number of hydrogen-bond donors (Lipinski definition) is 1. The van der Waals surface area contributed by atoms with Gasteiger partial charge in [0.15, 0.2) is 0 Å².